The number of benzene rings is 1. The number of nitrogens with zero attached hydrogens (tertiary/aromatic N) is 2. The smallest absolute Gasteiger partial charge is 0.126 e. The van der Waals surface area contributed by atoms with Gasteiger partial charge in [-0.15, -0.1) is 0 Å². The molecule has 4 nitrogen and oxygen atoms in total. The Morgan fingerprint density at radius 1 is 1.17 bits per heavy atom. The molecule has 2 aliphatic heterocycles. The molecule has 2 aliphatic rings. The van der Waals surface area contributed by atoms with E-state index in [0.717, 1.165) is 31.6 Å². The third-order valence-electron chi connectivity index (χ3n) is 5.38. The van der Waals surface area contributed by atoms with Crippen LogP contribution in [0.1, 0.15) is 37.7 Å². The molecule has 2 saturated heterocycles. The van der Waals surface area contributed by atoms with Gasteiger partial charge in [-0.2, -0.15) is 0 Å². The summed E-state index contributed by atoms with van der Waals surface area (Å²) in [5, 5.41) is 10.7. The van der Waals surface area contributed by atoms with E-state index in [2.05, 4.69) is 9.80 Å². The van der Waals surface area contributed by atoms with Gasteiger partial charge in [0.2, 0.25) is 0 Å². The van der Waals surface area contributed by atoms with Crippen molar-refractivity contribution in [3.05, 3.63) is 29.6 Å². The number of rotatable bonds is 4. The molecule has 2 fully saturated rings. The summed E-state index contributed by atoms with van der Waals surface area (Å²) in [6, 6.07) is 4.96. The van der Waals surface area contributed by atoms with E-state index < -0.39 is 0 Å². The second kappa shape index (κ2) is 8.28. The lowest BCUT2D eigenvalue weighted by Crippen LogP contribution is -2.54. The number of piperidine rings is 1. The number of hydrogen-bond acceptors (Lipinski definition) is 4. The van der Waals surface area contributed by atoms with Crippen molar-refractivity contribution in [2.75, 3.05) is 33.3 Å². The third kappa shape index (κ3) is 4.26. The average Bonchev–Trinajstić information content (AvgIpc) is 2.86. The number of aliphatic hydroxyl groups is 1. The Kier molecular flexibility index (Phi) is 6.09. The molecule has 0 unspecified atom stereocenters. The molecule has 0 bridgehead atoms. The normalized spacial score (nSPS) is 27.0. The zero-order valence-electron chi connectivity index (χ0n) is 14.6. The number of likely N-dealkylation sites (tertiary alicyclic amines) is 2. The summed E-state index contributed by atoms with van der Waals surface area (Å²) in [6.45, 7) is 4.55. The Morgan fingerprint density at radius 3 is 2.58 bits per heavy atom. The Labute approximate surface area is 144 Å². The highest BCUT2D eigenvalue weighted by Crippen LogP contribution is 2.25. The topological polar surface area (TPSA) is 35.9 Å². The van der Waals surface area contributed by atoms with Gasteiger partial charge in [-0.3, -0.25) is 9.80 Å². The Balaban J connectivity index is 1.59. The first-order valence-corrected chi connectivity index (χ1v) is 9.14. The first-order valence-electron chi connectivity index (χ1n) is 9.14. The van der Waals surface area contributed by atoms with Crippen molar-refractivity contribution in [1.29, 1.82) is 0 Å². The maximum atomic E-state index is 13.3. The second-order valence-corrected chi connectivity index (χ2v) is 7.06. The summed E-state index contributed by atoms with van der Waals surface area (Å²) in [7, 11) is 1.57. The Hall–Kier alpha value is -1.17. The molecule has 24 heavy (non-hydrogen) atoms. The van der Waals surface area contributed by atoms with E-state index in [9.17, 15) is 9.50 Å². The molecular weight excluding hydrogens is 307 g/mol. The van der Waals surface area contributed by atoms with E-state index in [4.69, 9.17) is 4.74 Å². The van der Waals surface area contributed by atoms with Crippen LogP contribution in [-0.4, -0.2) is 60.3 Å². The molecule has 2 atom stereocenters. The minimum atomic E-state index is -0.316. The number of ether oxygens (including phenoxy) is 1. The number of hydrogen-bond donors (Lipinski definition) is 1. The molecule has 0 saturated carbocycles. The molecule has 0 radical (unpaired) electrons. The predicted octanol–water partition coefficient (Wildman–Crippen LogP) is 2.65. The molecule has 1 aromatic rings. The van der Waals surface area contributed by atoms with Gasteiger partial charge in [0.15, 0.2) is 0 Å². The van der Waals surface area contributed by atoms with Crippen LogP contribution in [0.25, 0.3) is 0 Å². The van der Waals surface area contributed by atoms with E-state index in [1.165, 1.54) is 37.8 Å². The summed E-state index contributed by atoms with van der Waals surface area (Å²) in [6.07, 6.45) is 5.80. The van der Waals surface area contributed by atoms with Gasteiger partial charge in [-0.25, -0.2) is 4.39 Å². The van der Waals surface area contributed by atoms with Crippen molar-refractivity contribution in [3.63, 3.8) is 0 Å². The molecule has 0 spiro atoms. The van der Waals surface area contributed by atoms with Crippen LogP contribution in [0.2, 0.25) is 0 Å². The van der Waals surface area contributed by atoms with Crippen LogP contribution in [-0.2, 0) is 6.54 Å². The standard InChI is InChI=1S/C19H29FN2O2/c1-24-19-12-16(20)7-6-15(19)13-21-11-8-17(18(23)14-21)22-9-4-2-3-5-10-22/h6-7,12,17-18,23H,2-5,8-11,13-14H2,1H3/t17-,18-/m1/s1. The van der Waals surface area contributed by atoms with Crippen molar-refractivity contribution in [2.24, 2.45) is 0 Å². The molecule has 134 valence electrons. The zero-order chi connectivity index (χ0) is 16.9. The molecule has 0 amide bonds. The molecule has 1 aromatic carbocycles. The van der Waals surface area contributed by atoms with Gasteiger partial charge in [-0.1, -0.05) is 18.9 Å². The Bertz CT molecular complexity index is 532. The first kappa shape index (κ1) is 17.6. The van der Waals surface area contributed by atoms with Crippen molar-refractivity contribution in [1.82, 2.24) is 9.80 Å². The van der Waals surface area contributed by atoms with Gasteiger partial charge >= 0.3 is 0 Å². The fourth-order valence-corrected chi connectivity index (χ4v) is 4.07. The van der Waals surface area contributed by atoms with Crippen LogP contribution in [0.5, 0.6) is 5.75 Å². The van der Waals surface area contributed by atoms with Gasteiger partial charge in [0.1, 0.15) is 11.6 Å². The van der Waals surface area contributed by atoms with Crippen LogP contribution in [0.15, 0.2) is 18.2 Å². The monoisotopic (exact) mass is 336 g/mol. The summed E-state index contributed by atoms with van der Waals surface area (Å²) in [4.78, 5) is 4.74. The average molecular weight is 336 g/mol. The number of β-amino-alcohol motifs (C(OH)–C–C–N with tert-alkyl or cyclic N) is 1. The molecule has 0 aliphatic carbocycles. The van der Waals surface area contributed by atoms with Crippen LogP contribution < -0.4 is 4.74 Å². The summed E-state index contributed by atoms with van der Waals surface area (Å²) >= 11 is 0. The van der Waals surface area contributed by atoms with E-state index in [0.29, 0.717) is 18.8 Å². The van der Waals surface area contributed by atoms with Crippen LogP contribution in [0.4, 0.5) is 4.39 Å². The van der Waals surface area contributed by atoms with E-state index in [-0.39, 0.29) is 18.0 Å². The molecule has 1 N–H and O–H groups in total. The Morgan fingerprint density at radius 2 is 1.92 bits per heavy atom. The number of methoxy groups -OCH3 is 1. The van der Waals surface area contributed by atoms with E-state index >= 15 is 0 Å². The molecule has 2 heterocycles. The van der Waals surface area contributed by atoms with Gasteiger partial charge in [0, 0.05) is 37.3 Å². The van der Waals surface area contributed by atoms with Crippen molar-refractivity contribution in [2.45, 2.75) is 50.8 Å². The highest BCUT2D eigenvalue weighted by Gasteiger charge is 2.32. The summed E-state index contributed by atoms with van der Waals surface area (Å²) in [5.41, 5.74) is 0.972. The van der Waals surface area contributed by atoms with E-state index in [1.54, 1.807) is 13.2 Å². The quantitative estimate of drug-likeness (QED) is 0.917. The maximum absolute atomic E-state index is 13.3. The number of aliphatic hydroxyl groups excluding tert-OH is 1. The largest absolute Gasteiger partial charge is 0.496 e. The van der Waals surface area contributed by atoms with Gasteiger partial charge < -0.3 is 9.84 Å². The van der Waals surface area contributed by atoms with Crippen molar-refractivity contribution in [3.8, 4) is 5.75 Å². The number of halogens is 1. The lowest BCUT2D eigenvalue weighted by Gasteiger charge is -2.41. The third-order valence-corrected chi connectivity index (χ3v) is 5.38. The van der Waals surface area contributed by atoms with Gasteiger partial charge in [-0.05, 0) is 38.4 Å². The minimum Gasteiger partial charge on any atom is -0.496 e. The van der Waals surface area contributed by atoms with Crippen LogP contribution in [0, 0.1) is 5.82 Å². The SMILES string of the molecule is COc1cc(F)ccc1CN1CC[C@@H](N2CCCCCC2)[C@H](O)C1. The van der Waals surface area contributed by atoms with Gasteiger partial charge in [0.25, 0.3) is 0 Å². The minimum absolute atomic E-state index is 0.282. The molecule has 3 rings (SSSR count). The van der Waals surface area contributed by atoms with Crippen molar-refractivity contribution < 1.29 is 14.2 Å². The lowest BCUT2D eigenvalue weighted by atomic mass is 9.99. The predicted molar refractivity (Wildman–Crippen MR) is 92.7 cm³/mol. The highest BCUT2D eigenvalue weighted by atomic mass is 19.1. The summed E-state index contributed by atoms with van der Waals surface area (Å²) in [5.74, 6) is 0.301. The van der Waals surface area contributed by atoms with Crippen LogP contribution >= 0.6 is 0 Å². The van der Waals surface area contributed by atoms with Crippen molar-refractivity contribution >= 4 is 0 Å². The molecular formula is C19H29FN2O2. The van der Waals surface area contributed by atoms with Gasteiger partial charge in [0.05, 0.1) is 13.2 Å². The van der Waals surface area contributed by atoms with E-state index in [1.807, 2.05) is 0 Å². The van der Waals surface area contributed by atoms with Crippen LogP contribution in [0.3, 0.4) is 0 Å². The molecule has 0 aromatic heterocycles. The first-order chi connectivity index (χ1) is 11.7. The summed E-state index contributed by atoms with van der Waals surface area (Å²) < 4.78 is 18.6. The fourth-order valence-electron chi connectivity index (χ4n) is 4.07. The second-order valence-electron chi connectivity index (χ2n) is 7.06. The highest BCUT2D eigenvalue weighted by molar-refractivity contribution is 5.34. The molecule has 5 heteroatoms. The maximum Gasteiger partial charge on any atom is 0.126 e. The fraction of sp³-hybridized carbons (Fsp3) is 0.684. The zero-order valence-corrected chi connectivity index (χ0v) is 14.6. The lowest BCUT2D eigenvalue weighted by molar-refractivity contribution is -0.0145.